The van der Waals surface area contributed by atoms with Gasteiger partial charge in [0.25, 0.3) is 0 Å². The van der Waals surface area contributed by atoms with Gasteiger partial charge in [0.15, 0.2) is 0 Å². The van der Waals surface area contributed by atoms with Crippen LogP contribution in [0.1, 0.15) is 26.3 Å². The maximum atomic E-state index is 11.7. The summed E-state index contributed by atoms with van der Waals surface area (Å²) in [4.78, 5) is 11.7. The van der Waals surface area contributed by atoms with Crippen LogP contribution in [0.3, 0.4) is 0 Å². The minimum atomic E-state index is -0.503. The molecule has 0 aliphatic heterocycles. The van der Waals surface area contributed by atoms with Gasteiger partial charge >= 0.3 is 6.09 Å². The van der Waals surface area contributed by atoms with Gasteiger partial charge in [-0.3, -0.25) is 0 Å². The van der Waals surface area contributed by atoms with E-state index in [1.165, 1.54) is 0 Å². The molecule has 140 valence electrons. The standard InChI is InChI=1S/C21H28N2O3/c1-21(2,3)26-20(24)23-10-11-25-19-13-16(15-22-4)12-18(14-19)17-8-6-5-7-9-17/h5-9,12-14,22H,10-11,15H2,1-4H3,(H,23,24). The van der Waals surface area contributed by atoms with Crippen LogP contribution in [0, 0.1) is 0 Å². The Hall–Kier alpha value is -2.53. The molecule has 0 aromatic heterocycles. The first kappa shape index (κ1) is 19.8. The molecule has 5 heteroatoms. The Balaban J connectivity index is 1.98. The highest BCUT2D eigenvalue weighted by Crippen LogP contribution is 2.26. The maximum absolute atomic E-state index is 11.7. The predicted octanol–water partition coefficient (Wildman–Crippen LogP) is 3.98. The number of rotatable bonds is 7. The lowest BCUT2D eigenvalue weighted by Gasteiger charge is -2.19. The molecule has 2 aromatic rings. The van der Waals surface area contributed by atoms with Crippen LogP contribution in [-0.4, -0.2) is 31.9 Å². The molecule has 0 saturated carbocycles. The molecule has 2 N–H and O–H groups in total. The van der Waals surface area contributed by atoms with Gasteiger partial charge in [0, 0.05) is 6.54 Å². The van der Waals surface area contributed by atoms with Crippen LogP contribution in [0.15, 0.2) is 48.5 Å². The topological polar surface area (TPSA) is 59.6 Å². The second kappa shape index (κ2) is 9.25. The SMILES string of the molecule is CNCc1cc(OCCNC(=O)OC(C)(C)C)cc(-c2ccccc2)c1. The van der Waals surface area contributed by atoms with E-state index in [4.69, 9.17) is 9.47 Å². The van der Waals surface area contributed by atoms with Crippen molar-refractivity contribution in [3.8, 4) is 16.9 Å². The molecule has 2 aromatic carbocycles. The Kier molecular flexibility index (Phi) is 7.04. The Morgan fingerprint density at radius 3 is 2.42 bits per heavy atom. The average molecular weight is 356 g/mol. The van der Waals surface area contributed by atoms with E-state index >= 15 is 0 Å². The average Bonchev–Trinajstić information content (AvgIpc) is 2.58. The molecule has 26 heavy (non-hydrogen) atoms. The quantitative estimate of drug-likeness (QED) is 0.737. The first-order chi connectivity index (χ1) is 12.4. The molecule has 0 radical (unpaired) electrons. The van der Waals surface area contributed by atoms with Crippen LogP contribution in [0.4, 0.5) is 4.79 Å². The van der Waals surface area contributed by atoms with Gasteiger partial charge in [-0.15, -0.1) is 0 Å². The lowest BCUT2D eigenvalue weighted by Crippen LogP contribution is -2.34. The van der Waals surface area contributed by atoms with Crippen LogP contribution < -0.4 is 15.4 Å². The third-order valence-corrected chi connectivity index (χ3v) is 3.49. The number of alkyl carbamates (subject to hydrolysis) is 1. The molecule has 0 heterocycles. The summed E-state index contributed by atoms with van der Waals surface area (Å²) in [6, 6.07) is 16.4. The Bertz CT molecular complexity index is 709. The number of nitrogens with one attached hydrogen (secondary N) is 2. The fraction of sp³-hybridized carbons (Fsp3) is 0.381. The molecule has 0 aliphatic rings. The largest absolute Gasteiger partial charge is 0.492 e. The summed E-state index contributed by atoms with van der Waals surface area (Å²) >= 11 is 0. The molecule has 0 unspecified atom stereocenters. The molecule has 5 nitrogen and oxygen atoms in total. The van der Waals surface area contributed by atoms with Crippen molar-refractivity contribution in [2.45, 2.75) is 32.9 Å². The minimum Gasteiger partial charge on any atom is -0.492 e. The molecule has 0 fully saturated rings. The van der Waals surface area contributed by atoms with Crippen LogP contribution in [-0.2, 0) is 11.3 Å². The molecule has 0 saturated heterocycles. The molecular formula is C21H28N2O3. The summed E-state index contributed by atoms with van der Waals surface area (Å²) in [5, 5.41) is 5.86. The Morgan fingerprint density at radius 1 is 1.04 bits per heavy atom. The summed E-state index contributed by atoms with van der Waals surface area (Å²) < 4.78 is 11.0. The highest BCUT2D eigenvalue weighted by atomic mass is 16.6. The van der Waals surface area contributed by atoms with Crippen molar-refractivity contribution in [3.05, 3.63) is 54.1 Å². The number of carbonyl (C=O) groups excluding carboxylic acids is 1. The zero-order chi connectivity index (χ0) is 19.0. The number of ether oxygens (including phenoxy) is 2. The molecule has 0 atom stereocenters. The summed E-state index contributed by atoms with van der Waals surface area (Å²) in [6.45, 7) is 7.01. The van der Waals surface area contributed by atoms with Crippen molar-refractivity contribution >= 4 is 6.09 Å². The zero-order valence-corrected chi connectivity index (χ0v) is 16.0. The minimum absolute atomic E-state index is 0.372. The molecule has 1 amide bonds. The summed E-state index contributed by atoms with van der Waals surface area (Å²) in [7, 11) is 1.92. The molecular weight excluding hydrogens is 328 g/mol. The van der Waals surface area contributed by atoms with E-state index < -0.39 is 11.7 Å². The molecule has 0 aliphatic carbocycles. The Labute approximate surface area is 155 Å². The molecule has 2 rings (SSSR count). The number of benzene rings is 2. The van der Waals surface area contributed by atoms with Gasteiger partial charge in [0.05, 0.1) is 6.54 Å². The lowest BCUT2D eigenvalue weighted by molar-refractivity contribution is 0.0520. The number of carbonyl (C=O) groups is 1. The highest BCUT2D eigenvalue weighted by molar-refractivity contribution is 5.67. The van der Waals surface area contributed by atoms with E-state index in [0.717, 1.165) is 29.0 Å². The van der Waals surface area contributed by atoms with E-state index in [9.17, 15) is 4.79 Å². The van der Waals surface area contributed by atoms with Gasteiger partial charge in [-0.05, 0) is 62.7 Å². The van der Waals surface area contributed by atoms with Crippen LogP contribution in [0.5, 0.6) is 5.75 Å². The summed E-state index contributed by atoms with van der Waals surface area (Å²) in [6.07, 6.45) is -0.435. The van der Waals surface area contributed by atoms with Gasteiger partial charge in [-0.25, -0.2) is 4.79 Å². The predicted molar refractivity (Wildman–Crippen MR) is 104 cm³/mol. The van der Waals surface area contributed by atoms with Crippen molar-refractivity contribution in [2.24, 2.45) is 0 Å². The van der Waals surface area contributed by atoms with E-state index in [1.807, 2.05) is 58.2 Å². The second-order valence-electron chi connectivity index (χ2n) is 7.04. The molecule has 0 spiro atoms. The first-order valence-electron chi connectivity index (χ1n) is 8.81. The maximum Gasteiger partial charge on any atom is 0.407 e. The monoisotopic (exact) mass is 356 g/mol. The number of hydrogen-bond acceptors (Lipinski definition) is 4. The van der Waals surface area contributed by atoms with E-state index in [0.29, 0.717) is 13.2 Å². The first-order valence-corrected chi connectivity index (χ1v) is 8.81. The lowest BCUT2D eigenvalue weighted by atomic mass is 10.0. The van der Waals surface area contributed by atoms with E-state index in [-0.39, 0.29) is 0 Å². The van der Waals surface area contributed by atoms with Gasteiger partial charge in [-0.2, -0.15) is 0 Å². The van der Waals surface area contributed by atoms with Gasteiger partial charge in [-0.1, -0.05) is 30.3 Å². The van der Waals surface area contributed by atoms with Crippen molar-refractivity contribution in [3.63, 3.8) is 0 Å². The summed E-state index contributed by atoms with van der Waals surface area (Å²) in [5.74, 6) is 0.780. The third kappa shape index (κ3) is 6.76. The molecule has 0 bridgehead atoms. The van der Waals surface area contributed by atoms with Gasteiger partial charge < -0.3 is 20.1 Å². The van der Waals surface area contributed by atoms with Gasteiger partial charge in [0.2, 0.25) is 0 Å². The number of amides is 1. The second-order valence-corrected chi connectivity index (χ2v) is 7.04. The van der Waals surface area contributed by atoms with Crippen LogP contribution in [0.25, 0.3) is 11.1 Å². The fourth-order valence-electron chi connectivity index (χ4n) is 2.48. The van der Waals surface area contributed by atoms with Gasteiger partial charge in [0.1, 0.15) is 18.0 Å². The smallest absolute Gasteiger partial charge is 0.407 e. The van der Waals surface area contributed by atoms with Crippen LogP contribution in [0.2, 0.25) is 0 Å². The Morgan fingerprint density at radius 2 is 1.77 bits per heavy atom. The third-order valence-electron chi connectivity index (χ3n) is 3.49. The zero-order valence-electron chi connectivity index (χ0n) is 16.0. The van der Waals surface area contributed by atoms with Crippen molar-refractivity contribution in [1.82, 2.24) is 10.6 Å². The summed E-state index contributed by atoms with van der Waals surface area (Å²) in [5.41, 5.74) is 2.89. The van der Waals surface area contributed by atoms with E-state index in [2.05, 4.69) is 28.8 Å². The van der Waals surface area contributed by atoms with Crippen molar-refractivity contribution in [1.29, 1.82) is 0 Å². The van der Waals surface area contributed by atoms with Crippen molar-refractivity contribution < 1.29 is 14.3 Å². The normalized spacial score (nSPS) is 11.1. The van der Waals surface area contributed by atoms with E-state index in [1.54, 1.807) is 0 Å². The van der Waals surface area contributed by atoms with Crippen LogP contribution >= 0.6 is 0 Å². The highest BCUT2D eigenvalue weighted by Gasteiger charge is 2.15. The fourth-order valence-corrected chi connectivity index (χ4v) is 2.48. The number of hydrogen-bond donors (Lipinski definition) is 2. The van der Waals surface area contributed by atoms with Crippen molar-refractivity contribution in [2.75, 3.05) is 20.2 Å².